The zero-order valence-corrected chi connectivity index (χ0v) is 19.7. The van der Waals surface area contributed by atoms with Gasteiger partial charge in [-0.1, -0.05) is 13.0 Å². The number of carbonyl (C=O) groups excluding carboxylic acids is 1. The summed E-state index contributed by atoms with van der Waals surface area (Å²) in [6.45, 7) is 5.79. The third-order valence-corrected chi connectivity index (χ3v) is 7.44. The van der Waals surface area contributed by atoms with Crippen molar-refractivity contribution in [1.29, 1.82) is 0 Å². The molecule has 8 nitrogen and oxygen atoms in total. The second-order valence-electron chi connectivity index (χ2n) is 8.96. The summed E-state index contributed by atoms with van der Waals surface area (Å²) in [7, 11) is 0. The van der Waals surface area contributed by atoms with Gasteiger partial charge in [0.05, 0.1) is 10.8 Å². The van der Waals surface area contributed by atoms with E-state index in [1.54, 1.807) is 17.7 Å². The molecular weight excluding hydrogens is 434 g/mol. The first kappa shape index (κ1) is 21.8. The zero-order chi connectivity index (χ0) is 22.6. The number of hydrogen-bond donors (Lipinski definition) is 1. The monoisotopic (exact) mass is 463 g/mol. The number of anilines is 3. The van der Waals surface area contributed by atoms with E-state index in [4.69, 9.17) is 0 Å². The number of piperidine rings is 2. The van der Waals surface area contributed by atoms with Gasteiger partial charge in [-0.15, -0.1) is 21.5 Å². The Morgan fingerprint density at radius 3 is 2.67 bits per heavy atom. The summed E-state index contributed by atoms with van der Waals surface area (Å²) in [6, 6.07) is 9.94. The van der Waals surface area contributed by atoms with Gasteiger partial charge in [-0.2, -0.15) is 0 Å². The molecule has 0 bridgehead atoms. The van der Waals surface area contributed by atoms with Crippen LogP contribution in [0.5, 0.6) is 0 Å². The second kappa shape index (κ2) is 9.82. The van der Waals surface area contributed by atoms with Crippen molar-refractivity contribution in [3.63, 3.8) is 0 Å². The summed E-state index contributed by atoms with van der Waals surface area (Å²) in [6.07, 6.45) is 5.67. The topological polar surface area (TPSA) is 87.1 Å². The second-order valence-corrected chi connectivity index (χ2v) is 9.91. The first-order valence-corrected chi connectivity index (χ1v) is 12.5. The SMILES string of the molecule is CC1CCN(c2cc(NC(=O)C3CCCN(c4ccc(-c5cccs5)nn4)C3)ncn2)CC1. The van der Waals surface area contributed by atoms with Gasteiger partial charge in [-0.3, -0.25) is 4.79 Å². The highest BCUT2D eigenvalue weighted by Crippen LogP contribution is 2.27. The van der Waals surface area contributed by atoms with E-state index >= 15 is 0 Å². The molecular formula is C24H29N7OS. The van der Waals surface area contributed by atoms with Gasteiger partial charge in [0.1, 0.15) is 23.7 Å². The molecule has 2 aliphatic rings. The van der Waals surface area contributed by atoms with Gasteiger partial charge in [0.25, 0.3) is 0 Å². The summed E-state index contributed by atoms with van der Waals surface area (Å²) < 4.78 is 0. The Kier molecular flexibility index (Phi) is 6.48. The van der Waals surface area contributed by atoms with Gasteiger partial charge in [-0.05, 0) is 55.2 Å². The van der Waals surface area contributed by atoms with E-state index in [1.165, 1.54) is 12.8 Å². The third kappa shape index (κ3) is 5.13. The van der Waals surface area contributed by atoms with Crippen molar-refractivity contribution in [2.24, 2.45) is 11.8 Å². The Labute approximate surface area is 198 Å². The molecule has 5 rings (SSSR count). The maximum Gasteiger partial charge on any atom is 0.230 e. The lowest BCUT2D eigenvalue weighted by atomic mass is 9.97. The van der Waals surface area contributed by atoms with E-state index in [-0.39, 0.29) is 11.8 Å². The number of hydrogen-bond acceptors (Lipinski definition) is 8. The summed E-state index contributed by atoms with van der Waals surface area (Å²) >= 11 is 1.65. The molecule has 5 heterocycles. The van der Waals surface area contributed by atoms with Crippen molar-refractivity contribution < 1.29 is 4.79 Å². The maximum absolute atomic E-state index is 13.0. The molecule has 9 heteroatoms. The molecule has 2 aliphatic heterocycles. The minimum atomic E-state index is -0.119. The summed E-state index contributed by atoms with van der Waals surface area (Å²) in [5.74, 6) is 2.91. The quantitative estimate of drug-likeness (QED) is 0.610. The Balaban J connectivity index is 1.21. The van der Waals surface area contributed by atoms with Gasteiger partial charge in [0.15, 0.2) is 5.82 Å². The Bertz CT molecular complexity index is 1060. The van der Waals surface area contributed by atoms with E-state index in [1.807, 2.05) is 35.7 Å². The van der Waals surface area contributed by atoms with Crippen LogP contribution in [0.25, 0.3) is 10.6 Å². The average Bonchev–Trinajstić information content (AvgIpc) is 3.40. The highest BCUT2D eigenvalue weighted by molar-refractivity contribution is 7.13. The highest BCUT2D eigenvalue weighted by atomic mass is 32.1. The lowest BCUT2D eigenvalue weighted by Gasteiger charge is -2.32. The molecule has 0 aromatic carbocycles. The number of rotatable bonds is 5. The van der Waals surface area contributed by atoms with Gasteiger partial charge in [0, 0.05) is 32.2 Å². The first-order valence-electron chi connectivity index (χ1n) is 11.7. The van der Waals surface area contributed by atoms with Crippen LogP contribution in [-0.2, 0) is 4.79 Å². The molecule has 2 fully saturated rings. The van der Waals surface area contributed by atoms with Crippen molar-refractivity contribution in [3.05, 3.63) is 42.0 Å². The van der Waals surface area contributed by atoms with Crippen LogP contribution in [0.3, 0.4) is 0 Å². The summed E-state index contributed by atoms with van der Waals surface area (Å²) in [5.41, 5.74) is 0.878. The average molecular weight is 464 g/mol. The molecule has 1 N–H and O–H groups in total. The van der Waals surface area contributed by atoms with Crippen LogP contribution in [0.4, 0.5) is 17.5 Å². The number of carbonyl (C=O) groups is 1. The van der Waals surface area contributed by atoms with Gasteiger partial charge in [0.2, 0.25) is 5.91 Å². The number of nitrogens with one attached hydrogen (secondary N) is 1. The minimum absolute atomic E-state index is 0.000203. The van der Waals surface area contributed by atoms with E-state index in [2.05, 4.69) is 42.2 Å². The summed E-state index contributed by atoms with van der Waals surface area (Å²) in [4.78, 5) is 27.3. The summed E-state index contributed by atoms with van der Waals surface area (Å²) in [5, 5.41) is 13.9. The molecule has 1 unspecified atom stereocenters. The van der Waals surface area contributed by atoms with Crippen LogP contribution >= 0.6 is 11.3 Å². The van der Waals surface area contributed by atoms with Crippen LogP contribution in [-0.4, -0.2) is 52.3 Å². The highest BCUT2D eigenvalue weighted by Gasteiger charge is 2.27. The number of nitrogens with zero attached hydrogens (tertiary/aromatic N) is 6. The molecule has 0 radical (unpaired) electrons. The van der Waals surface area contributed by atoms with Crippen LogP contribution in [0.15, 0.2) is 42.0 Å². The molecule has 1 atom stereocenters. The molecule has 0 aliphatic carbocycles. The first-order chi connectivity index (χ1) is 16.2. The molecule has 0 spiro atoms. The molecule has 33 heavy (non-hydrogen) atoms. The van der Waals surface area contributed by atoms with E-state index in [0.717, 1.165) is 60.6 Å². The number of aromatic nitrogens is 4. The van der Waals surface area contributed by atoms with Crippen molar-refractivity contribution >= 4 is 34.7 Å². The van der Waals surface area contributed by atoms with Crippen molar-refractivity contribution in [3.8, 4) is 10.6 Å². The van der Waals surface area contributed by atoms with Gasteiger partial charge in [-0.25, -0.2) is 9.97 Å². The van der Waals surface area contributed by atoms with Crippen molar-refractivity contribution in [1.82, 2.24) is 20.2 Å². The number of amides is 1. The van der Waals surface area contributed by atoms with Gasteiger partial charge < -0.3 is 15.1 Å². The Morgan fingerprint density at radius 2 is 1.91 bits per heavy atom. The normalized spacial score (nSPS) is 19.5. The molecule has 172 valence electrons. The standard InChI is InChI=1S/C24H29N7OS/c1-17-8-11-30(12-9-17)23-14-21(25-16-26-23)27-24(32)18-4-2-10-31(15-18)22-7-6-19(28-29-22)20-5-3-13-33-20/h3,5-7,13-14,16-18H,2,4,8-12,15H2,1H3,(H,25,26,27,32). The predicted octanol–water partition coefficient (Wildman–Crippen LogP) is 4.09. The van der Waals surface area contributed by atoms with E-state index in [9.17, 15) is 4.79 Å². The third-order valence-electron chi connectivity index (χ3n) is 6.55. The van der Waals surface area contributed by atoms with E-state index < -0.39 is 0 Å². The van der Waals surface area contributed by atoms with Crippen LogP contribution in [0.2, 0.25) is 0 Å². The van der Waals surface area contributed by atoms with Crippen LogP contribution < -0.4 is 15.1 Å². The molecule has 3 aromatic rings. The lowest BCUT2D eigenvalue weighted by Crippen LogP contribution is -2.41. The lowest BCUT2D eigenvalue weighted by molar-refractivity contribution is -0.120. The molecule has 0 saturated carbocycles. The van der Waals surface area contributed by atoms with Crippen molar-refractivity contribution in [2.45, 2.75) is 32.6 Å². The molecule has 2 saturated heterocycles. The maximum atomic E-state index is 13.0. The Morgan fingerprint density at radius 1 is 1.03 bits per heavy atom. The predicted molar refractivity (Wildman–Crippen MR) is 132 cm³/mol. The Hall–Kier alpha value is -3.07. The largest absolute Gasteiger partial charge is 0.356 e. The smallest absolute Gasteiger partial charge is 0.230 e. The van der Waals surface area contributed by atoms with Crippen LogP contribution in [0, 0.1) is 11.8 Å². The minimum Gasteiger partial charge on any atom is -0.356 e. The fourth-order valence-electron chi connectivity index (χ4n) is 4.50. The van der Waals surface area contributed by atoms with Crippen molar-refractivity contribution in [2.75, 3.05) is 41.3 Å². The molecule has 3 aromatic heterocycles. The fourth-order valence-corrected chi connectivity index (χ4v) is 5.19. The van der Waals surface area contributed by atoms with E-state index in [0.29, 0.717) is 12.4 Å². The zero-order valence-electron chi connectivity index (χ0n) is 18.9. The molecule has 1 amide bonds. The van der Waals surface area contributed by atoms with Crippen LogP contribution in [0.1, 0.15) is 32.6 Å². The number of thiophene rings is 1. The fraction of sp³-hybridized carbons (Fsp3) is 0.458. The van der Waals surface area contributed by atoms with Gasteiger partial charge >= 0.3 is 0 Å².